The van der Waals surface area contributed by atoms with Crippen molar-refractivity contribution < 1.29 is 57.5 Å². The molecular weight excluding hydrogens is 203 g/mol. The van der Waals surface area contributed by atoms with Crippen molar-refractivity contribution in [2.45, 2.75) is 0 Å². The van der Waals surface area contributed by atoms with Gasteiger partial charge in [-0.3, -0.25) is 0 Å². The molecule has 0 spiro atoms. The Kier molecular flexibility index (Phi) is 2190. The van der Waals surface area contributed by atoms with E-state index in [0.29, 0.717) is 0 Å². The van der Waals surface area contributed by atoms with Crippen LogP contribution in [0.3, 0.4) is 0 Å². The molecule has 0 unspecified atom stereocenters. The summed E-state index contributed by atoms with van der Waals surface area (Å²) in [5, 5.41) is 0. The molecule has 0 aliphatic carbocycles. The van der Waals surface area contributed by atoms with Crippen LogP contribution in [-0.2, 0) is 0 Å². The van der Waals surface area contributed by atoms with Crippen molar-refractivity contribution >= 4 is 0 Å². The largest absolute Gasteiger partial charge is 3.00 e. The molecule has 8 N–H and O–H groups in total. The van der Waals surface area contributed by atoms with Gasteiger partial charge in [-0.1, -0.05) is 0 Å². The molecule has 0 radical (unpaired) electrons. The third-order valence-corrected chi connectivity index (χ3v) is 0. The van der Waals surface area contributed by atoms with Crippen LogP contribution >= 0.6 is 0 Å². The molecule has 0 aromatic carbocycles. The summed E-state index contributed by atoms with van der Waals surface area (Å²) < 4.78 is 0. The van der Waals surface area contributed by atoms with Crippen molar-refractivity contribution in [1.29, 1.82) is 0 Å². The predicted molar refractivity (Wildman–Crippen MR) is 14.5 cm³/mol. The van der Waals surface area contributed by atoms with Gasteiger partial charge in [0.05, 0.1) is 0 Å². The molecule has 0 saturated carbocycles. The topological polar surface area (TPSA) is 126 Å². The average Bonchev–Trinajstić information content (AvgIpc) is 0. The fraction of sp³-hybridized carbons (Fsp3) is 0. The van der Waals surface area contributed by atoms with E-state index in [-0.39, 0.29) is 57.5 Å². The van der Waals surface area contributed by atoms with Crippen molar-refractivity contribution in [2.75, 3.05) is 0 Å². The van der Waals surface area contributed by atoms with Crippen molar-refractivity contribution in [3.05, 3.63) is 0 Å². The second kappa shape index (κ2) is 76.5. The number of hydrogen-bond acceptors (Lipinski definition) is 0. The quantitative estimate of drug-likeness (QED) is 0.398. The van der Waals surface area contributed by atoms with E-state index in [1.54, 1.807) is 0 Å². The summed E-state index contributed by atoms with van der Waals surface area (Å²) in [5.41, 5.74) is 0. The van der Waals surface area contributed by atoms with Crippen LogP contribution in [0.4, 0.5) is 0 Å². The minimum absolute atomic E-state index is 0. The van der Waals surface area contributed by atoms with Crippen LogP contribution in [0.1, 0.15) is 0 Å². The van der Waals surface area contributed by atoms with Gasteiger partial charge in [-0.15, -0.1) is 0 Å². The Morgan fingerprint density at radius 2 is 0.400 bits per heavy atom. The van der Waals surface area contributed by atoms with Crippen LogP contribution in [0.5, 0.6) is 0 Å². The van der Waals surface area contributed by atoms with Gasteiger partial charge in [0.2, 0.25) is 0 Å². The molecule has 0 saturated heterocycles. The molecule has 0 aliphatic heterocycles. The van der Waals surface area contributed by atoms with Gasteiger partial charge in [-0.05, 0) is 0 Å². The van der Waals surface area contributed by atoms with E-state index in [0.717, 1.165) is 0 Å². The van der Waals surface area contributed by atoms with Gasteiger partial charge in [-0.2, -0.15) is 0 Å². The van der Waals surface area contributed by atoms with Gasteiger partial charge in [0, 0.05) is 0 Å². The van der Waals surface area contributed by atoms with E-state index in [9.17, 15) is 0 Å². The molecule has 0 aromatic rings. The van der Waals surface area contributed by atoms with Gasteiger partial charge in [0.1, 0.15) is 0 Å². The zero-order valence-electron chi connectivity index (χ0n) is 2.58. The number of rotatable bonds is 0. The first-order valence-corrected chi connectivity index (χ1v) is 0. The van der Waals surface area contributed by atoms with Crippen molar-refractivity contribution in [3.8, 4) is 0 Å². The second-order valence-corrected chi connectivity index (χ2v) is 0. The Hall–Kier alpha value is 1.03. The molecule has 5 heteroatoms. The summed E-state index contributed by atoms with van der Waals surface area (Å²) in [6.45, 7) is 0. The number of hydrogen-bond donors (Lipinski definition) is 0. The maximum Gasteiger partial charge on any atom is 3.00 e. The molecule has 0 bridgehead atoms. The summed E-state index contributed by atoms with van der Waals surface area (Å²) in [4.78, 5) is 0. The first-order valence-electron chi connectivity index (χ1n) is 0. The third kappa shape index (κ3) is 43.3. The fourth-order valence-corrected chi connectivity index (χ4v) is 0. The minimum atomic E-state index is 0. The standard InChI is InChI=1S/La.4H2O/h;4*1H2/q+3;;;;. The maximum atomic E-state index is 0. The van der Waals surface area contributed by atoms with Gasteiger partial charge >= 0.3 is 35.6 Å². The van der Waals surface area contributed by atoms with Gasteiger partial charge in [0.25, 0.3) is 0 Å². The summed E-state index contributed by atoms with van der Waals surface area (Å²) >= 11 is 0. The van der Waals surface area contributed by atoms with Gasteiger partial charge < -0.3 is 21.9 Å². The second-order valence-electron chi connectivity index (χ2n) is 0. The molecule has 0 aliphatic rings. The van der Waals surface area contributed by atoms with Crippen LogP contribution in [0, 0.1) is 35.6 Å². The molecule has 5 heavy (non-hydrogen) atoms. The van der Waals surface area contributed by atoms with Crippen LogP contribution in [-0.4, -0.2) is 21.9 Å². The normalized spacial score (nSPS) is 0. The van der Waals surface area contributed by atoms with E-state index < -0.39 is 0 Å². The van der Waals surface area contributed by atoms with Crippen LogP contribution in [0.2, 0.25) is 0 Å². The molecule has 0 atom stereocenters. The Balaban J connectivity index is 0. The Bertz CT molecular complexity index is 3.61. The first-order chi connectivity index (χ1) is 0. The fourth-order valence-electron chi connectivity index (χ4n) is 0. The van der Waals surface area contributed by atoms with Gasteiger partial charge in [-0.25, -0.2) is 0 Å². The molecule has 0 amide bonds. The summed E-state index contributed by atoms with van der Waals surface area (Å²) in [7, 11) is 0. The Morgan fingerprint density at radius 3 is 0.400 bits per heavy atom. The molecular formula is H8LaO4+3. The molecule has 0 heterocycles. The van der Waals surface area contributed by atoms with Crippen molar-refractivity contribution in [2.24, 2.45) is 0 Å². The molecule has 0 fully saturated rings. The maximum absolute atomic E-state index is 0. The van der Waals surface area contributed by atoms with E-state index in [2.05, 4.69) is 0 Å². The van der Waals surface area contributed by atoms with Crippen LogP contribution < -0.4 is 0 Å². The SMILES string of the molecule is O.O.O.O.[La+3]. The zero-order chi connectivity index (χ0) is 0. The Labute approximate surface area is 57.4 Å². The third-order valence-electron chi connectivity index (χ3n) is 0. The van der Waals surface area contributed by atoms with E-state index in [1.807, 2.05) is 0 Å². The summed E-state index contributed by atoms with van der Waals surface area (Å²) in [6.07, 6.45) is 0. The smallest absolute Gasteiger partial charge is 0.412 e. The van der Waals surface area contributed by atoms with Crippen LogP contribution in [0.15, 0.2) is 0 Å². The monoisotopic (exact) mass is 211 g/mol. The van der Waals surface area contributed by atoms with E-state index in [4.69, 9.17) is 0 Å². The minimum Gasteiger partial charge on any atom is -0.412 e. The summed E-state index contributed by atoms with van der Waals surface area (Å²) in [5.74, 6) is 0. The average molecular weight is 211 g/mol. The van der Waals surface area contributed by atoms with Crippen molar-refractivity contribution in [1.82, 2.24) is 0 Å². The van der Waals surface area contributed by atoms with Crippen molar-refractivity contribution in [3.63, 3.8) is 0 Å². The first kappa shape index (κ1) is 143. The van der Waals surface area contributed by atoms with Gasteiger partial charge in [0.15, 0.2) is 0 Å². The molecule has 0 rings (SSSR count). The zero-order valence-corrected chi connectivity index (χ0v) is 6.20. The van der Waals surface area contributed by atoms with E-state index in [1.165, 1.54) is 0 Å². The van der Waals surface area contributed by atoms with Crippen LogP contribution in [0.25, 0.3) is 0 Å². The molecule has 0 aromatic heterocycles. The molecule has 4 nitrogen and oxygen atoms in total. The predicted octanol–water partition coefficient (Wildman–Crippen LogP) is -3.30. The van der Waals surface area contributed by atoms with E-state index >= 15 is 0 Å². The Morgan fingerprint density at radius 1 is 0.400 bits per heavy atom. The molecule has 32 valence electrons. The summed E-state index contributed by atoms with van der Waals surface area (Å²) in [6, 6.07) is 0.